The Bertz CT molecular complexity index is 446. The van der Waals surface area contributed by atoms with Crippen LogP contribution in [0, 0.1) is 12.8 Å². The molecule has 0 aliphatic heterocycles. The molecule has 1 atom stereocenters. The van der Waals surface area contributed by atoms with Gasteiger partial charge in [0.15, 0.2) is 0 Å². The highest BCUT2D eigenvalue weighted by Gasteiger charge is 2.14. The molecule has 92 valence electrons. The van der Waals surface area contributed by atoms with Crippen molar-refractivity contribution in [3.8, 4) is 0 Å². The summed E-state index contributed by atoms with van der Waals surface area (Å²) in [5.41, 5.74) is 6.65. The number of carbonyl (C=O) groups excluding carboxylic acids is 2. The Kier molecular flexibility index (Phi) is 4.52. The molecule has 0 aliphatic rings. The Labute approximate surface area is 105 Å². The number of halogens is 1. The van der Waals surface area contributed by atoms with Crippen LogP contribution in [0.5, 0.6) is 0 Å². The van der Waals surface area contributed by atoms with E-state index in [0.717, 1.165) is 5.56 Å². The number of amides is 2. The van der Waals surface area contributed by atoms with Gasteiger partial charge in [-0.2, -0.15) is 0 Å². The summed E-state index contributed by atoms with van der Waals surface area (Å²) in [6.07, 6.45) is 0.0808. The molecule has 17 heavy (non-hydrogen) atoms. The zero-order valence-corrected chi connectivity index (χ0v) is 10.5. The van der Waals surface area contributed by atoms with Crippen LogP contribution in [0.1, 0.15) is 18.9 Å². The lowest BCUT2D eigenvalue weighted by Gasteiger charge is -2.10. The highest BCUT2D eigenvalue weighted by atomic mass is 35.5. The highest BCUT2D eigenvalue weighted by Crippen LogP contribution is 2.20. The summed E-state index contributed by atoms with van der Waals surface area (Å²) >= 11 is 5.81. The fourth-order valence-electron chi connectivity index (χ4n) is 1.35. The van der Waals surface area contributed by atoms with E-state index in [1.165, 1.54) is 0 Å². The third-order valence-electron chi connectivity index (χ3n) is 2.44. The smallest absolute Gasteiger partial charge is 0.225 e. The monoisotopic (exact) mass is 254 g/mol. The first-order valence-corrected chi connectivity index (χ1v) is 5.63. The van der Waals surface area contributed by atoms with Crippen molar-refractivity contribution in [3.63, 3.8) is 0 Å². The fraction of sp³-hybridized carbons (Fsp3) is 0.333. The maximum absolute atomic E-state index is 11.6. The van der Waals surface area contributed by atoms with E-state index < -0.39 is 11.8 Å². The molecule has 2 amide bonds. The number of aryl methyl sites for hydroxylation is 1. The second kappa shape index (κ2) is 5.68. The largest absolute Gasteiger partial charge is 0.369 e. The van der Waals surface area contributed by atoms with Gasteiger partial charge >= 0.3 is 0 Å². The minimum atomic E-state index is -0.479. The molecule has 1 rings (SSSR count). The fourth-order valence-corrected chi connectivity index (χ4v) is 1.57. The average Bonchev–Trinajstić information content (AvgIpc) is 2.22. The van der Waals surface area contributed by atoms with Gasteiger partial charge in [-0.25, -0.2) is 0 Å². The second-order valence-electron chi connectivity index (χ2n) is 4.01. The lowest BCUT2D eigenvalue weighted by Crippen LogP contribution is -2.25. The minimum absolute atomic E-state index is 0.0808. The zero-order valence-electron chi connectivity index (χ0n) is 9.79. The van der Waals surface area contributed by atoms with Crippen LogP contribution in [0.4, 0.5) is 5.69 Å². The number of nitrogens with two attached hydrogens (primary N) is 1. The summed E-state index contributed by atoms with van der Waals surface area (Å²) in [5, 5.41) is 3.33. The van der Waals surface area contributed by atoms with E-state index in [9.17, 15) is 9.59 Å². The second-order valence-corrected chi connectivity index (χ2v) is 4.45. The van der Waals surface area contributed by atoms with Crippen molar-refractivity contribution >= 4 is 29.1 Å². The van der Waals surface area contributed by atoms with Gasteiger partial charge in [0.25, 0.3) is 0 Å². The number of nitrogens with one attached hydrogen (secondary N) is 1. The van der Waals surface area contributed by atoms with Crippen molar-refractivity contribution in [1.29, 1.82) is 0 Å². The van der Waals surface area contributed by atoms with Crippen LogP contribution < -0.4 is 11.1 Å². The Hall–Kier alpha value is -1.55. The first-order valence-electron chi connectivity index (χ1n) is 5.25. The van der Waals surface area contributed by atoms with E-state index in [2.05, 4.69) is 5.32 Å². The van der Waals surface area contributed by atoms with Gasteiger partial charge in [0.1, 0.15) is 0 Å². The SMILES string of the molecule is Cc1cc(Cl)ccc1NC(=O)CC(C)C(N)=O. The summed E-state index contributed by atoms with van der Waals surface area (Å²) in [6.45, 7) is 3.47. The number of hydrogen-bond acceptors (Lipinski definition) is 2. The van der Waals surface area contributed by atoms with Gasteiger partial charge in [0.2, 0.25) is 11.8 Å². The normalized spacial score (nSPS) is 11.9. The lowest BCUT2D eigenvalue weighted by atomic mass is 10.1. The van der Waals surface area contributed by atoms with Crippen LogP contribution in [0.25, 0.3) is 0 Å². The molecule has 4 nitrogen and oxygen atoms in total. The Balaban J connectivity index is 2.65. The zero-order chi connectivity index (χ0) is 13.0. The van der Waals surface area contributed by atoms with Gasteiger partial charge in [-0.3, -0.25) is 9.59 Å². The van der Waals surface area contributed by atoms with Crippen molar-refractivity contribution in [2.24, 2.45) is 11.7 Å². The van der Waals surface area contributed by atoms with E-state index in [0.29, 0.717) is 10.7 Å². The first kappa shape index (κ1) is 13.5. The molecule has 5 heteroatoms. The molecule has 0 radical (unpaired) electrons. The van der Waals surface area contributed by atoms with Gasteiger partial charge in [-0.15, -0.1) is 0 Å². The standard InChI is InChI=1S/C12H15ClN2O2/c1-7-5-9(13)3-4-10(7)15-11(16)6-8(2)12(14)17/h3-5,8H,6H2,1-2H3,(H2,14,17)(H,15,16). The van der Waals surface area contributed by atoms with E-state index in [4.69, 9.17) is 17.3 Å². The summed E-state index contributed by atoms with van der Waals surface area (Å²) in [6, 6.07) is 5.18. The molecule has 0 fully saturated rings. The molecule has 1 aromatic carbocycles. The minimum Gasteiger partial charge on any atom is -0.369 e. The number of rotatable bonds is 4. The van der Waals surface area contributed by atoms with Crippen LogP contribution in [-0.4, -0.2) is 11.8 Å². The maximum atomic E-state index is 11.6. The third kappa shape index (κ3) is 4.07. The summed E-state index contributed by atoms with van der Waals surface area (Å²) in [5.74, 6) is -1.18. The summed E-state index contributed by atoms with van der Waals surface area (Å²) < 4.78 is 0. The van der Waals surface area contributed by atoms with Crippen molar-refractivity contribution in [1.82, 2.24) is 0 Å². The van der Waals surface area contributed by atoms with Crippen molar-refractivity contribution in [2.45, 2.75) is 20.3 Å². The molecule has 0 aliphatic carbocycles. The number of carbonyl (C=O) groups is 2. The summed E-state index contributed by atoms with van der Waals surface area (Å²) in [7, 11) is 0. The molecule has 0 saturated carbocycles. The molecule has 3 N–H and O–H groups in total. The quantitative estimate of drug-likeness (QED) is 0.864. The average molecular weight is 255 g/mol. The topological polar surface area (TPSA) is 72.2 Å². The number of primary amides is 1. The van der Waals surface area contributed by atoms with Gasteiger partial charge in [-0.1, -0.05) is 18.5 Å². The van der Waals surface area contributed by atoms with Crippen LogP contribution in [0.15, 0.2) is 18.2 Å². The van der Waals surface area contributed by atoms with Gasteiger partial charge in [-0.05, 0) is 30.7 Å². The van der Waals surface area contributed by atoms with Crippen LogP contribution in [0.2, 0.25) is 5.02 Å². The molecule has 0 spiro atoms. The molecular formula is C12H15ClN2O2. The van der Waals surface area contributed by atoms with Gasteiger partial charge in [0, 0.05) is 23.0 Å². The predicted octanol–water partition coefficient (Wildman–Crippen LogP) is 2.10. The third-order valence-corrected chi connectivity index (χ3v) is 2.67. The number of benzene rings is 1. The van der Waals surface area contributed by atoms with Gasteiger partial charge < -0.3 is 11.1 Å². The van der Waals surface area contributed by atoms with Crippen molar-refractivity contribution in [3.05, 3.63) is 28.8 Å². The van der Waals surface area contributed by atoms with Crippen LogP contribution in [0.3, 0.4) is 0 Å². The molecule has 0 heterocycles. The van der Waals surface area contributed by atoms with Gasteiger partial charge in [0.05, 0.1) is 0 Å². The van der Waals surface area contributed by atoms with Crippen LogP contribution >= 0.6 is 11.6 Å². The van der Waals surface area contributed by atoms with E-state index >= 15 is 0 Å². The lowest BCUT2D eigenvalue weighted by molar-refractivity contribution is -0.125. The van der Waals surface area contributed by atoms with Crippen molar-refractivity contribution < 1.29 is 9.59 Å². The summed E-state index contributed by atoms with van der Waals surface area (Å²) in [4.78, 5) is 22.4. The van der Waals surface area contributed by atoms with E-state index in [1.807, 2.05) is 6.92 Å². The Morgan fingerprint density at radius 3 is 2.65 bits per heavy atom. The highest BCUT2D eigenvalue weighted by molar-refractivity contribution is 6.30. The number of hydrogen-bond donors (Lipinski definition) is 2. The van der Waals surface area contributed by atoms with Crippen LogP contribution in [-0.2, 0) is 9.59 Å². The number of anilines is 1. The molecule has 0 saturated heterocycles. The predicted molar refractivity (Wildman–Crippen MR) is 67.8 cm³/mol. The molecular weight excluding hydrogens is 240 g/mol. The van der Waals surface area contributed by atoms with E-state index in [1.54, 1.807) is 25.1 Å². The van der Waals surface area contributed by atoms with Crippen molar-refractivity contribution in [2.75, 3.05) is 5.32 Å². The van der Waals surface area contributed by atoms with E-state index in [-0.39, 0.29) is 12.3 Å². The molecule has 0 bridgehead atoms. The molecule has 1 unspecified atom stereocenters. The molecule has 1 aromatic rings. The molecule has 0 aromatic heterocycles. The maximum Gasteiger partial charge on any atom is 0.225 e. The Morgan fingerprint density at radius 1 is 1.47 bits per heavy atom. The Morgan fingerprint density at radius 2 is 2.12 bits per heavy atom. The first-order chi connectivity index (χ1) is 7.90.